The van der Waals surface area contributed by atoms with Crippen LogP contribution < -0.4 is 15.6 Å². The summed E-state index contributed by atoms with van der Waals surface area (Å²) in [6.07, 6.45) is 2.87. The molecule has 1 aliphatic rings. The number of nitrogens with one attached hydrogen (secondary N) is 3. The Labute approximate surface area is 148 Å². The molecule has 0 radical (unpaired) electrons. The van der Waals surface area contributed by atoms with Crippen LogP contribution in [0.3, 0.4) is 0 Å². The lowest BCUT2D eigenvalue weighted by atomic mass is 10.2. The van der Waals surface area contributed by atoms with E-state index in [4.69, 9.17) is 16.0 Å². The molecule has 1 aliphatic carbocycles. The third-order valence-electron chi connectivity index (χ3n) is 3.42. The fourth-order valence-corrected chi connectivity index (χ4v) is 3.82. The van der Waals surface area contributed by atoms with Gasteiger partial charge < -0.3 is 4.42 Å². The van der Waals surface area contributed by atoms with Crippen LogP contribution in [0.1, 0.15) is 33.8 Å². The van der Waals surface area contributed by atoms with Gasteiger partial charge >= 0.3 is 5.91 Å². The first-order chi connectivity index (χ1) is 11.9. The summed E-state index contributed by atoms with van der Waals surface area (Å²) >= 11 is 5.95. The van der Waals surface area contributed by atoms with Crippen molar-refractivity contribution in [3.8, 4) is 0 Å². The lowest BCUT2D eigenvalue weighted by Gasteiger charge is -2.10. The molecular weight excluding hydrogens is 370 g/mol. The van der Waals surface area contributed by atoms with Crippen molar-refractivity contribution in [3.63, 3.8) is 0 Å². The van der Waals surface area contributed by atoms with Crippen LogP contribution in [-0.2, 0) is 10.0 Å². The zero-order chi connectivity index (χ0) is 18.0. The standard InChI is InChI=1S/C15H14ClN3O5S/c16-11-6-3-9(8-13(11)25(22,23)19-10-4-5-10)14(20)17-18-15(21)12-2-1-7-24-12/h1-3,6-8,10,19H,4-5H2,(H,17,20)(H,18,21). The average molecular weight is 384 g/mol. The monoisotopic (exact) mass is 383 g/mol. The summed E-state index contributed by atoms with van der Waals surface area (Å²) in [5.41, 5.74) is 4.38. The first-order valence-electron chi connectivity index (χ1n) is 7.33. The number of amides is 2. The number of furan rings is 1. The Morgan fingerprint density at radius 1 is 1.12 bits per heavy atom. The summed E-state index contributed by atoms with van der Waals surface area (Å²) in [4.78, 5) is 23.6. The molecule has 1 saturated carbocycles. The Morgan fingerprint density at radius 2 is 1.84 bits per heavy atom. The second-order valence-corrected chi connectivity index (χ2v) is 7.52. The Balaban J connectivity index is 1.72. The summed E-state index contributed by atoms with van der Waals surface area (Å²) in [6, 6.07) is 6.68. The summed E-state index contributed by atoms with van der Waals surface area (Å²) in [6.45, 7) is 0. The molecule has 1 fully saturated rings. The van der Waals surface area contributed by atoms with Gasteiger partial charge in [-0.05, 0) is 43.2 Å². The van der Waals surface area contributed by atoms with Crippen molar-refractivity contribution in [2.24, 2.45) is 0 Å². The van der Waals surface area contributed by atoms with Crippen LogP contribution in [0.15, 0.2) is 45.9 Å². The lowest BCUT2D eigenvalue weighted by Crippen LogP contribution is -2.41. The van der Waals surface area contributed by atoms with Gasteiger partial charge in [-0.1, -0.05) is 11.6 Å². The minimum absolute atomic E-state index is 0.00400. The molecule has 2 amide bonds. The van der Waals surface area contributed by atoms with Gasteiger partial charge in [-0.15, -0.1) is 0 Å². The van der Waals surface area contributed by atoms with Crippen molar-refractivity contribution in [1.29, 1.82) is 0 Å². The van der Waals surface area contributed by atoms with E-state index < -0.39 is 21.8 Å². The topological polar surface area (TPSA) is 118 Å². The molecule has 1 aromatic heterocycles. The number of hydrazine groups is 1. The number of halogens is 1. The molecule has 8 nitrogen and oxygen atoms in total. The van der Waals surface area contributed by atoms with Crippen LogP contribution >= 0.6 is 11.6 Å². The van der Waals surface area contributed by atoms with Crippen LogP contribution in [0.4, 0.5) is 0 Å². The number of sulfonamides is 1. The molecule has 2 aromatic rings. The van der Waals surface area contributed by atoms with E-state index in [9.17, 15) is 18.0 Å². The fourth-order valence-electron chi connectivity index (χ4n) is 1.99. The van der Waals surface area contributed by atoms with Gasteiger partial charge in [0.15, 0.2) is 5.76 Å². The zero-order valence-corrected chi connectivity index (χ0v) is 14.4. The van der Waals surface area contributed by atoms with E-state index in [1.807, 2.05) is 0 Å². The molecule has 3 rings (SSSR count). The Kier molecular flexibility index (Phi) is 4.80. The number of carbonyl (C=O) groups is 2. The van der Waals surface area contributed by atoms with Crippen molar-refractivity contribution >= 4 is 33.4 Å². The third kappa shape index (κ3) is 4.19. The summed E-state index contributed by atoms with van der Waals surface area (Å²) in [5, 5.41) is 0.00400. The predicted molar refractivity (Wildman–Crippen MR) is 88.4 cm³/mol. The molecule has 0 aliphatic heterocycles. The van der Waals surface area contributed by atoms with Gasteiger partial charge in [0.25, 0.3) is 5.91 Å². The number of hydrogen-bond acceptors (Lipinski definition) is 5. The minimum atomic E-state index is -3.81. The average Bonchev–Trinajstić information content (AvgIpc) is 3.20. The molecule has 0 unspecified atom stereocenters. The smallest absolute Gasteiger partial charge is 0.305 e. The van der Waals surface area contributed by atoms with E-state index in [-0.39, 0.29) is 27.3 Å². The van der Waals surface area contributed by atoms with Crippen molar-refractivity contribution < 1.29 is 22.4 Å². The Morgan fingerprint density at radius 3 is 2.48 bits per heavy atom. The van der Waals surface area contributed by atoms with Crippen LogP contribution in [0.25, 0.3) is 0 Å². The maximum Gasteiger partial charge on any atom is 0.305 e. The molecule has 1 heterocycles. The molecule has 1 aromatic carbocycles. The van der Waals surface area contributed by atoms with E-state index in [0.29, 0.717) is 0 Å². The van der Waals surface area contributed by atoms with Gasteiger partial charge in [-0.25, -0.2) is 13.1 Å². The van der Waals surface area contributed by atoms with Gasteiger partial charge in [-0.3, -0.25) is 20.4 Å². The molecule has 3 N–H and O–H groups in total. The molecule has 0 bridgehead atoms. The summed E-state index contributed by atoms with van der Waals surface area (Å²) in [5.74, 6) is -1.32. The van der Waals surface area contributed by atoms with Gasteiger partial charge in [0, 0.05) is 11.6 Å². The number of rotatable bonds is 5. The van der Waals surface area contributed by atoms with Crippen molar-refractivity contribution in [3.05, 3.63) is 52.9 Å². The van der Waals surface area contributed by atoms with E-state index in [2.05, 4.69) is 15.6 Å². The molecule has 0 atom stereocenters. The highest BCUT2D eigenvalue weighted by Crippen LogP contribution is 2.26. The number of hydrogen-bond donors (Lipinski definition) is 3. The molecule has 132 valence electrons. The van der Waals surface area contributed by atoms with E-state index in [0.717, 1.165) is 18.9 Å². The molecule has 10 heteroatoms. The number of carbonyl (C=O) groups excluding carboxylic acids is 2. The van der Waals surface area contributed by atoms with E-state index in [1.54, 1.807) is 0 Å². The van der Waals surface area contributed by atoms with Crippen LogP contribution in [-0.4, -0.2) is 26.3 Å². The quantitative estimate of drug-likeness (QED) is 0.675. The van der Waals surface area contributed by atoms with Gasteiger partial charge in [0.2, 0.25) is 10.0 Å². The maximum absolute atomic E-state index is 12.3. The minimum Gasteiger partial charge on any atom is -0.459 e. The Bertz CT molecular complexity index is 907. The summed E-state index contributed by atoms with van der Waals surface area (Å²) < 4.78 is 32.0. The normalized spacial score (nSPS) is 14.1. The zero-order valence-electron chi connectivity index (χ0n) is 12.8. The molecule has 25 heavy (non-hydrogen) atoms. The second kappa shape index (κ2) is 6.87. The molecular formula is C15H14ClN3O5S. The largest absolute Gasteiger partial charge is 0.459 e. The summed E-state index contributed by atoms with van der Waals surface area (Å²) in [7, 11) is -3.81. The van der Waals surface area contributed by atoms with Gasteiger partial charge in [0.05, 0.1) is 11.3 Å². The first-order valence-corrected chi connectivity index (χ1v) is 9.19. The Hall–Kier alpha value is -2.36. The fraction of sp³-hybridized carbons (Fsp3) is 0.200. The predicted octanol–water partition coefficient (Wildman–Crippen LogP) is 1.45. The van der Waals surface area contributed by atoms with E-state index >= 15 is 0 Å². The molecule has 0 spiro atoms. The van der Waals surface area contributed by atoms with Crippen molar-refractivity contribution in [1.82, 2.24) is 15.6 Å². The maximum atomic E-state index is 12.3. The van der Waals surface area contributed by atoms with Gasteiger partial charge in [-0.2, -0.15) is 0 Å². The van der Waals surface area contributed by atoms with Crippen LogP contribution in [0, 0.1) is 0 Å². The molecule has 0 saturated heterocycles. The second-order valence-electron chi connectivity index (χ2n) is 5.43. The lowest BCUT2D eigenvalue weighted by molar-refractivity contribution is 0.0831. The highest BCUT2D eigenvalue weighted by atomic mass is 35.5. The van der Waals surface area contributed by atoms with Crippen molar-refractivity contribution in [2.75, 3.05) is 0 Å². The van der Waals surface area contributed by atoms with Crippen molar-refractivity contribution in [2.45, 2.75) is 23.8 Å². The highest BCUT2D eigenvalue weighted by molar-refractivity contribution is 7.89. The SMILES string of the molecule is O=C(NNC(=O)c1ccco1)c1ccc(Cl)c(S(=O)(=O)NC2CC2)c1. The first kappa shape index (κ1) is 17.5. The van der Waals surface area contributed by atoms with E-state index in [1.165, 1.54) is 30.5 Å². The highest BCUT2D eigenvalue weighted by Gasteiger charge is 2.29. The van der Waals surface area contributed by atoms with Crippen LogP contribution in [0.5, 0.6) is 0 Å². The number of benzene rings is 1. The third-order valence-corrected chi connectivity index (χ3v) is 5.42. The van der Waals surface area contributed by atoms with Gasteiger partial charge in [0.1, 0.15) is 4.90 Å². The van der Waals surface area contributed by atoms with Crippen LogP contribution in [0.2, 0.25) is 5.02 Å².